The minimum Gasteiger partial charge on any atom is -0.452 e. The first-order chi connectivity index (χ1) is 8.68. The van der Waals surface area contributed by atoms with E-state index in [1.807, 2.05) is 50.5 Å². The number of fused-ring (bicyclic) bond motifs is 1. The number of carbonyl (C=O) groups excluding carboxylic acids is 1. The molecule has 18 heavy (non-hydrogen) atoms. The van der Waals surface area contributed by atoms with Gasteiger partial charge in [0, 0.05) is 24.2 Å². The van der Waals surface area contributed by atoms with E-state index in [4.69, 9.17) is 4.42 Å². The van der Waals surface area contributed by atoms with Gasteiger partial charge in [0.05, 0.1) is 5.69 Å². The second-order valence-electron chi connectivity index (χ2n) is 4.39. The number of ketones is 1. The molecule has 3 rings (SSSR count). The number of aryl methyl sites for hydroxylation is 2. The lowest BCUT2D eigenvalue weighted by Crippen LogP contribution is -2.06. The molecular weight excluding hydrogens is 226 g/mol. The standard InChI is InChI=1S/C15H13NO2/c1-10-11-6-3-4-8-13(11)18-15(10)14(17)12-7-5-9-16(12)2/h3-9H,1-2H3. The molecule has 0 aliphatic heterocycles. The Morgan fingerprint density at radius 2 is 1.94 bits per heavy atom. The van der Waals surface area contributed by atoms with Crippen LogP contribution in [0.3, 0.4) is 0 Å². The molecule has 0 saturated carbocycles. The molecule has 0 aliphatic carbocycles. The van der Waals surface area contributed by atoms with Gasteiger partial charge in [-0.2, -0.15) is 0 Å². The minimum atomic E-state index is -0.0730. The van der Waals surface area contributed by atoms with Crippen molar-refractivity contribution in [2.75, 3.05) is 0 Å². The molecule has 0 N–H and O–H groups in total. The van der Waals surface area contributed by atoms with Gasteiger partial charge in [0.1, 0.15) is 5.58 Å². The van der Waals surface area contributed by atoms with Crippen molar-refractivity contribution < 1.29 is 9.21 Å². The molecule has 90 valence electrons. The zero-order valence-electron chi connectivity index (χ0n) is 10.3. The van der Waals surface area contributed by atoms with Gasteiger partial charge < -0.3 is 8.98 Å². The molecule has 3 aromatic rings. The van der Waals surface area contributed by atoms with Crippen LogP contribution in [0, 0.1) is 6.92 Å². The number of benzene rings is 1. The highest BCUT2D eigenvalue weighted by Gasteiger charge is 2.20. The average Bonchev–Trinajstić information content (AvgIpc) is 2.94. The molecule has 3 heteroatoms. The molecule has 0 spiro atoms. The summed E-state index contributed by atoms with van der Waals surface area (Å²) in [4.78, 5) is 12.4. The van der Waals surface area contributed by atoms with Crippen LogP contribution in [0.1, 0.15) is 21.8 Å². The molecular formula is C15H13NO2. The van der Waals surface area contributed by atoms with E-state index in [0.717, 1.165) is 16.5 Å². The van der Waals surface area contributed by atoms with Gasteiger partial charge in [-0.3, -0.25) is 4.79 Å². The van der Waals surface area contributed by atoms with Crippen molar-refractivity contribution in [1.82, 2.24) is 4.57 Å². The zero-order valence-corrected chi connectivity index (χ0v) is 10.3. The van der Waals surface area contributed by atoms with E-state index in [1.54, 1.807) is 10.6 Å². The maximum absolute atomic E-state index is 12.4. The fourth-order valence-corrected chi connectivity index (χ4v) is 2.20. The maximum Gasteiger partial charge on any atom is 0.244 e. The van der Waals surface area contributed by atoms with Crippen LogP contribution in [0.4, 0.5) is 0 Å². The van der Waals surface area contributed by atoms with Gasteiger partial charge in [-0.1, -0.05) is 18.2 Å². The van der Waals surface area contributed by atoms with E-state index in [-0.39, 0.29) is 5.78 Å². The molecule has 0 amide bonds. The fraction of sp³-hybridized carbons (Fsp3) is 0.133. The van der Waals surface area contributed by atoms with Gasteiger partial charge in [0.2, 0.25) is 5.78 Å². The number of hydrogen-bond acceptors (Lipinski definition) is 2. The van der Waals surface area contributed by atoms with Crippen LogP contribution in [-0.4, -0.2) is 10.4 Å². The number of para-hydroxylation sites is 1. The Hall–Kier alpha value is -2.29. The summed E-state index contributed by atoms with van der Waals surface area (Å²) < 4.78 is 7.48. The normalized spacial score (nSPS) is 11.0. The Balaban J connectivity index is 2.18. The minimum absolute atomic E-state index is 0.0730. The quantitative estimate of drug-likeness (QED) is 0.643. The predicted octanol–water partition coefficient (Wildman–Crippen LogP) is 3.31. The Kier molecular flexibility index (Phi) is 2.33. The zero-order chi connectivity index (χ0) is 12.7. The van der Waals surface area contributed by atoms with E-state index in [2.05, 4.69) is 0 Å². The highest BCUT2D eigenvalue weighted by Crippen LogP contribution is 2.26. The second-order valence-corrected chi connectivity index (χ2v) is 4.39. The smallest absolute Gasteiger partial charge is 0.244 e. The SMILES string of the molecule is Cc1c(C(=O)c2cccn2C)oc2ccccc12. The van der Waals surface area contributed by atoms with Gasteiger partial charge in [-0.15, -0.1) is 0 Å². The van der Waals surface area contributed by atoms with Gasteiger partial charge >= 0.3 is 0 Å². The number of rotatable bonds is 2. The summed E-state index contributed by atoms with van der Waals surface area (Å²) in [6, 6.07) is 11.4. The van der Waals surface area contributed by atoms with Crippen molar-refractivity contribution in [2.45, 2.75) is 6.92 Å². The van der Waals surface area contributed by atoms with E-state index in [1.165, 1.54) is 0 Å². The number of nitrogens with zero attached hydrogens (tertiary/aromatic N) is 1. The van der Waals surface area contributed by atoms with Crippen LogP contribution in [0.5, 0.6) is 0 Å². The van der Waals surface area contributed by atoms with Crippen molar-refractivity contribution in [3.05, 3.63) is 59.6 Å². The van der Waals surface area contributed by atoms with Crippen LogP contribution in [-0.2, 0) is 7.05 Å². The van der Waals surface area contributed by atoms with Crippen molar-refractivity contribution in [2.24, 2.45) is 7.05 Å². The number of furan rings is 1. The van der Waals surface area contributed by atoms with Gasteiger partial charge in [0.25, 0.3) is 0 Å². The molecule has 0 atom stereocenters. The summed E-state index contributed by atoms with van der Waals surface area (Å²) in [5, 5.41) is 0.995. The maximum atomic E-state index is 12.4. The van der Waals surface area contributed by atoms with E-state index in [9.17, 15) is 4.79 Å². The lowest BCUT2D eigenvalue weighted by atomic mass is 10.1. The lowest BCUT2D eigenvalue weighted by Gasteiger charge is -2.00. The van der Waals surface area contributed by atoms with Crippen molar-refractivity contribution in [3.8, 4) is 0 Å². The molecule has 0 unspecified atom stereocenters. The molecule has 2 heterocycles. The third-order valence-corrected chi connectivity index (χ3v) is 3.23. The van der Waals surface area contributed by atoms with Crippen LogP contribution >= 0.6 is 0 Å². The Labute approximate surface area is 105 Å². The first-order valence-electron chi connectivity index (χ1n) is 5.82. The van der Waals surface area contributed by atoms with E-state index < -0.39 is 0 Å². The molecule has 0 fully saturated rings. The second kappa shape index (κ2) is 3.88. The topological polar surface area (TPSA) is 35.1 Å². The van der Waals surface area contributed by atoms with Gasteiger partial charge in [0.15, 0.2) is 5.76 Å². The molecule has 0 aliphatic rings. The Morgan fingerprint density at radius 3 is 2.61 bits per heavy atom. The van der Waals surface area contributed by atoms with Crippen molar-refractivity contribution in [1.29, 1.82) is 0 Å². The monoisotopic (exact) mass is 239 g/mol. The first-order valence-corrected chi connectivity index (χ1v) is 5.82. The summed E-state index contributed by atoms with van der Waals surface area (Å²) >= 11 is 0. The molecule has 1 aromatic carbocycles. The molecule has 0 bridgehead atoms. The third-order valence-electron chi connectivity index (χ3n) is 3.23. The van der Waals surface area contributed by atoms with Gasteiger partial charge in [-0.05, 0) is 25.1 Å². The molecule has 2 aromatic heterocycles. The molecule has 3 nitrogen and oxygen atoms in total. The van der Waals surface area contributed by atoms with E-state index in [0.29, 0.717) is 11.5 Å². The van der Waals surface area contributed by atoms with Crippen LogP contribution < -0.4 is 0 Å². The third kappa shape index (κ3) is 1.48. The van der Waals surface area contributed by atoms with Gasteiger partial charge in [-0.25, -0.2) is 0 Å². The number of aromatic nitrogens is 1. The first kappa shape index (κ1) is 10.8. The van der Waals surface area contributed by atoms with E-state index >= 15 is 0 Å². The molecule has 0 saturated heterocycles. The predicted molar refractivity (Wildman–Crippen MR) is 69.8 cm³/mol. The Bertz CT molecular complexity index is 734. The number of hydrogen-bond donors (Lipinski definition) is 0. The summed E-state index contributed by atoms with van der Waals surface area (Å²) in [6.45, 7) is 1.92. The van der Waals surface area contributed by atoms with Crippen molar-refractivity contribution >= 4 is 16.8 Å². The fourth-order valence-electron chi connectivity index (χ4n) is 2.20. The van der Waals surface area contributed by atoms with Crippen molar-refractivity contribution in [3.63, 3.8) is 0 Å². The summed E-state index contributed by atoms with van der Waals surface area (Å²) in [5.74, 6) is 0.356. The summed E-state index contributed by atoms with van der Waals surface area (Å²) in [7, 11) is 1.85. The highest BCUT2D eigenvalue weighted by atomic mass is 16.3. The lowest BCUT2D eigenvalue weighted by molar-refractivity contribution is 0.100. The van der Waals surface area contributed by atoms with Crippen LogP contribution in [0.15, 0.2) is 47.0 Å². The average molecular weight is 239 g/mol. The molecule has 0 radical (unpaired) electrons. The Morgan fingerprint density at radius 1 is 1.17 bits per heavy atom. The summed E-state index contributed by atoms with van der Waals surface area (Å²) in [6.07, 6.45) is 1.85. The number of carbonyl (C=O) groups is 1. The van der Waals surface area contributed by atoms with Crippen LogP contribution in [0.2, 0.25) is 0 Å². The largest absolute Gasteiger partial charge is 0.452 e. The summed E-state index contributed by atoms with van der Waals surface area (Å²) in [5.41, 5.74) is 2.29. The van der Waals surface area contributed by atoms with Crippen LogP contribution in [0.25, 0.3) is 11.0 Å². The highest BCUT2D eigenvalue weighted by molar-refractivity contribution is 6.09.